The molecule has 34 heavy (non-hydrogen) atoms. The van der Waals surface area contributed by atoms with Crippen LogP contribution < -0.4 is 20.9 Å². The first-order valence-electron chi connectivity index (χ1n) is 11.4. The highest BCUT2D eigenvalue weighted by Crippen LogP contribution is 2.37. The number of aliphatic imine (C=N–C) groups is 1. The number of ether oxygens (including phenoxy) is 1. The average molecular weight is 483 g/mol. The summed E-state index contributed by atoms with van der Waals surface area (Å²) in [5, 5.41) is 11.5. The lowest BCUT2D eigenvalue weighted by Gasteiger charge is -2.38. The van der Waals surface area contributed by atoms with Crippen molar-refractivity contribution in [1.82, 2.24) is 4.68 Å². The third kappa shape index (κ3) is 4.57. The molecular formula is C25H30N4O4S. The van der Waals surface area contributed by atoms with Gasteiger partial charge in [-0.2, -0.15) is 11.8 Å². The van der Waals surface area contributed by atoms with Crippen LogP contribution in [-0.4, -0.2) is 52.7 Å². The second kappa shape index (κ2) is 9.97. The number of methoxy groups -OCH3 is 1. The van der Waals surface area contributed by atoms with Crippen molar-refractivity contribution in [2.24, 2.45) is 10.7 Å². The molecule has 1 fully saturated rings. The van der Waals surface area contributed by atoms with E-state index in [-0.39, 0.29) is 11.6 Å². The fourth-order valence-corrected chi connectivity index (χ4v) is 5.47. The number of rotatable bonds is 6. The van der Waals surface area contributed by atoms with Crippen LogP contribution in [0.1, 0.15) is 48.2 Å². The molecule has 4 rings (SSSR count). The highest BCUT2D eigenvalue weighted by Gasteiger charge is 2.27. The van der Waals surface area contributed by atoms with E-state index < -0.39 is 11.4 Å². The molecule has 0 spiro atoms. The van der Waals surface area contributed by atoms with Gasteiger partial charge in [-0.3, -0.25) is 14.5 Å². The molecule has 0 bridgehead atoms. The van der Waals surface area contributed by atoms with Crippen LogP contribution in [0, 0.1) is 0 Å². The van der Waals surface area contributed by atoms with Gasteiger partial charge in [0.2, 0.25) is 0 Å². The number of aromatic carboxylic acids is 1. The number of hydrogen-bond acceptors (Lipinski definition) is 7. The van der Waals surface area contributed by atoms with Crippen molar-refractivity contribution >= 4 is 29.5 Å². The number of carboxylic acids is 1. The first-order valence-corrected chi connectivity index (χ1v) is 12.5. The molecule has 9 heteroatoms. The van der Waals surface area contributed by atoms with Gasteiger partial charge in [0.25, 0.3) is 0 Å². The first-order chi connectivity index (χ1) is 16.3. The van der Waals surface area contributed by atoms with Gasteiger partial charge in [-0.1, -0.05) is 0 Å². The number of fused-ring (bicyclic) bond motifs is 3. The van der Waals surface area contributed by atoms with Crippen molar-refractivity contribution < 1.29 is 14.6 Å². The van der Waals surface area contributed by atoms with Crippen LogP contribution >= 0.6 is 11.8 Å². The molecule has 1 saturated heterocycles. The predicted molar refractivity (Wildman–Crippen MR) is 138 cm³/mol. The molecule has 0 atom stereocenters. The highest BCUT2D eigenvalue weighted by molar-refractivity contribution is 7.99. The number of carboxylic acid groups (broad SMARTS) is 1. The van der Waals surface area contributed by atoms with Crippen LogP contribution in [-0.2, 0) is 6.54 Å². The van der Waals surface area contributed by atoms with Crippen molar-refractivity contribution in [3.05, 3.63) is 57.5 Å². The van der Waals surface area contributed by atoms with Gasteiger partial charge in [-0.15, -0.1) is 0 Å². The van der Waals surface area contributed by atoms with E-state index in [1.165, 1.54) is 12.3 Å². The van der Waals surface area contributed by atoms with E-state index in [4.69, 9.17) is 15.5 Å². The predicted octanol–water partition coefficient (Wildman–Crippen LogP) is 3.35. The smallest absolute Gasteiger partial charge is 0.341 e. The Kier molecular flexibility index (Phi) is 7.02. The number of benzene rings is 1. The van der Waals surface area contributed by atoms with Crippen LogP contribution in [0.2, 0.25) is 0 Å². The molecule has 2 aromatic rings. The zero-order chi connectivity index (χ0) is 24.4. The summed E-state index contributed by atoms with van der Waals surface area (Å²) in [6.45, 7) is 4.59. The quantitative estimate of drug-likeness (QED) is 0.608. The van der Waals surface area contributed by atoms with Gasteiger partial charge in [-0.05, 0) is 55.9 Å². The van der Waals surface area contributed by atoms with E-state index in [0.29, 0.717) is 24.0 Å². The summed E-state index contributed by atoms with van der Waals surface area (Å²) >= 11 is 1.96. The molecule has 0 aliphatic carbocycles. The van der Waals surface area contributed by atoms with Crippen LogP contribution in [0.25, 0.3) is 16.8 Å². The lowest BCUT2D eigenvalue weighted by atomic mass is 9.94. The first kappa shape index (κ1) is 23.9. The number of nitrogens with zero attached hydrogens (tertiary/aromatic N) is 3. The lowest BCUT2D eigenvalue weighted by Crippen LogP contribution is -2.44. The fourth-order valence-electron chi connectivity index (χ4n) is 4.39. The Bertz CT molecular complexity index is 1210. The SMILES string of the molecule is COc1cc2c(cc1C(C=NC1CCSCC1)=CN)CN(C(C)C)n1cc(C(=O)O)c(=O)cc1-2. The van der Waals surface area contributed by atoms with Gasteiger partial charge in [0.15, 0.2) is 5.43 Å². The highest BCUT2D eigenvalue weighted by atomic mass is 32.2. The minimum absolute atomic E-state index is 0.0665. The molecule has 1 aromatic carbocycles. The Labute approximate surface area is 203 Å². The Morgan fingerprint density at radius 3 is 2.62 bits per heavy atom. The van der Waals surface area contributed by atoms with Gasteiger partial charge in [0.05, 0.1) is 25.4 Å². The van der Waals surface area contributed by atoms with E-state index in [2.05, 4.69) is 0 Å². The van der Waals surface area contributed by atoms with Crippen LogP contribution in [0.5, 0.6) is 5.75 Å². The third-order valence-electron chi connectivity index (χ3n) is 6.27. The topological polar surface area (TPSA) is 110 Å². The average Bonchev–Trinajstić information content (AvgIpc) is 2.83. The Balaban J connectivity index is 1.82. The van der Waals surface area contributed by atoms with Crippen molar-refractivity contribution in [2.75, 3.05) is 23.6 Å². The fraction of sp³-hybridized carbons (Fsp3) is 0.400. The molecule has 2 aliphatic rings. The van der Waals surface area contributed by atoms with Gasteiger partial charge in [-0.25, -0.2) is 4.79 Å². The molecule has 0 saturated carbocycles. The normalized spacial score (nSPS) is 16.6. The van der Waals surface area contributed by atoms with E-state index in [9.17, 15) is 14.7 Å². The third-order valence-corrected chi connectivity index (χ3v) is 7.32. The Hall–Kier alpha value is -3.20. The van der Waals surface area contributed by atoms with Crippen LogP contribution in [0.15, 0.2) is 40.4 Å². The molecule has 0 radical (unpaired) electrons. The zero-order valence-electron chi connectivity index (χ0n) is 19.7. The maximum absolute atomic E-state index is 12.5. The second-order valence-corrected chi connectivity index (χ2v) is 9.96. The molecular weight excluding hydrogens is 452 g/mol. The minimum atomic E-state index is -1.24. The number of aromatic nitrogens is 1. The maximum atomic E-state index is 12.5. The summed E-state index contributed by atoms with van der Waals surface area (Å²) < 4.78 is 7.47. The Morgan fingerprint density at radius 1 is 1.26 bits per heavy atom. The number of hydrogen-bond donors (Lipinski definition) is 2. The lowest BCUT2D eigenvalue weighted by molar-refractivity contribution is 0.0694. The monoisotopic (exact) mass is 482 g/mol. The second-order valence-electron chi connectivity index (χ2n) is 8.73. The molecule has 1 aromatic heterocycles. The van der Waals surface area contributed by atoms with Crippen molar-refractivity contribution in [3.8, 4) is 17.0 Å². The number of carbonyl (C=O) groups is 1. The summed E-state index contributed by atoms with van der Waals surface area (Å²) in [7, 11) is 1.60. The molecule has 180 valence electrons. The van der Waals surface area contributed by atoms with Crippen molar-refractivity contribution in [1.29, 1.82) is 0 Å². The minimum Gasteiger partial charge on any atom is -0.496 e. The molecule has 0 unspecified atom stereocenters. The molecule has 8 nitrogen and oxygen atoms in total. The van der Waals surface area contributed by atoms with Gasteiger partial charge in [0, 0.05) is 47.4 Å². The van der Waals surface area contributed by atoms with E-state index in [1.54, 1.807) is 18.0 Å². The Morgan fingerprint density at radius 2 is 2.00 bits per heavy atom. The summed E-state index contributed by atoms with van der Waals surface area (Å²) in [6, 6.07) is 5.68. The summed E-state index contributed by atoms with van der Waals surface area (Å²) in [4.78, 5) is 28.9. The standard InChI is InChI=1S/C25H30N4O4S/c1-15(2)28-13-16-8-20(17(11-26)12-27-18-4-6-34-7-5-18)24(33-3)9-19(16)22-10-23(30)21(25(31)32)14-29(22)28/h8-12,14-15,18H,4-7,13,26H2,1-3H3,(H,31,32). The van der Waals surface area contributed by atoms with Gasteiger partial charge >= 0.3 is 5.97 Å². The number of thioether (sulfide) groups is 1. The number of nitrogens with two attached hydrogens (primary N) is 1. The summed E-state index contributed by atoms with van der Waals surface area (Å²) in [5.74, 6) is 1.62. The van der Waals surface area contributed by atoms with E-state index >= 15 is 0 Å². The van der Waals surface area contributed by atoms with Crippen molar-refractivity contribution in [2.45, 2.75) is 45.3 Å². The largest absolute Gasteiger partial charge is 0.496 e. The number of allylic oxidation sites excluding steroid dienone is 1. The van der Waals surface area contributed by atoms with E-state index in [1.807, 2.05) is 49.0 Å². The maximum Gasteiger partial charge on any atom is 0.341 e. The van der Waals surface area contributed by atoms with Gasteiger partial charge < -0.3 is 20.6 Å². The summed E-state index contributed by atoms with van der Waals surface area (Å²) in [6.07, 6.45) is 6.92. The number of pyridine rings is 1. The molecule has 2 aliphatic heterocycles. The van der Waals surface area contributed by atoms with Crippen LogP contribution in [0.4, 0.5) is 0 Å². The van der Waals surface area contributed by atoms with Crippen molar-refractivity contribution in [3.63, 3.8) is 0 Å². The zero-order valence-corrected chi connectivity index (χ0v) is 20.5. The van der Waals surface area contributed by atoms with E-state index in [0.717, 1.165) is 46.6 Å². The summed E-state index contributed by atoms with van der Waals surface area (Å²) in [5.41, 5.74) is 9.28. The molecule has 0 amide bonds. The molecule has 3 N–H and O–H groups in total. The molecule has 3 heterocycles. The van der Waals surface area contributed by atoms with Crippen LogP contribution in [0.3, 0.4) is 0 Å². The van der Waals surface area contributed by atoms with Gasteiger partial charge in [0.1, 0.15) is 11.3 Å².